The first kappa shape index (κ1) is 16.6. The number of carbonyl (C=O) groups excluding carboxylic acids is 1. The molecule has 0 aliphatic heterocycles. The molecule has 22 heavy (non-hydrogen) atoms. The van der Waals surface area contributed by atoms with Crippen molar-refractivity contribution in [2.75, 3.05) is 11.9 Å². The average Bonchev–Trinajstić information content (AvgIpc) is 2.49. The lowest BCUT2D eigenvalue weighted by molar-refractivity contribution is -0.119. The van der Waals surface area contributed by atoms with E-state index < -0.39 is 0 Å². The van der Waals surface area contributed by atoms with Crippen molar-refractivity contribution in [1.29, 1.82) is 0 Å². The fourth-order valence-electron chi connectivity index (χ4n) is 1.57. The van der Waals surface area contributed by atoms with E-state index in [1.807, 2.05) is 0 Å². The van der Waals surface area contributed by atoms with Crippen LogP contribution in [0, 0.1) is 0 Å². The van der Waals surface area contributed by atoms with Gasteiger partial charge >= 0.3 is 0 Å². The minimum absolute atomic E-state index is 0.0906. The second kappa shape index (κ2) is 8.03. The van der Waals surface area contributed by atoms with Crippen LogP contribution in [0.25, 0.3) is 0 Å². The predicted octanol–water partition coefficient (Wildman–Crippen LogP) is 4.21. The van der Waals surface area contributed by atoms with Gasteiger partial charge in [0.25, 0.3) is 5.91 Å². The molecule has 114 valence electrons. The van der Waals surface area contributed by atoms with Crippen LogP contribution in [0.1, 0.15) is 5.56 Å². The van der Waals surface area contributed by atoms with Crippen LogP contribution < -0.4 is 10.7 Å². The van der Waals surface area contributed by atoms with Gasteiger partial charge in [0.2, 0.25) is 0 Å². The molecule has 7 heteroatoms. The van der Waals surface area contributed by atoms with Gasteiger partial charge in [0.05, 0.1) is 17.8 Å². The number of carbonyl (C=O) groups is 1. The summed E-state index contributed by atoms with van der Waals surface area (Å²) in [6.07, 6.45) is 1.46. The van der Waals surface area contributed by atoms with Crippen molar-refractivity contribution < 1.29 is 4.79 Å². The zero-order valence-electron chi connectivity index (χ0n) is 11.3. The van der Waals surface area contributed by atoms with Gasteiger partial charge in [0, 0.05) is 21.3 Å². The standard InChI is InChI=1S/C15H12Cl3N3O/c16-11-3-5-13(6-4-11)19-9-15(22)21-20-8-10-1-2-12(17)7-14(10)18/h1-8,19H,9H2,(H,21,22)/b20-8+. The molecule has 0 aromatic heterocycles. The van der Waals surface area contributed by atoms with Gasteiger partial charge in [-0.3, -0.25) is 4.79 Å². The van der Waals surface area contributed by atoms with E-state index in [0.717, 1.165) is 5.69 Å². The first-order valence-corrected chi connectivity index (χ1v) is 7.44. The largest absolute Gasteiger partial charge is 0.376 e. The lowest BCUT2D eigenvalue weighted by atomic mass is 10.2. The summed E-state index contributed by atoms with van der Waals surface area (Å²) in [6, 6.07) is 12.1. The van der Waals surface area contributed by atoms with E-state index in [4.69, 9.17) is 34.8 Å². The van der Waals surface area contributed by atoms with Crippen molar-refractivity contribution >= 4 is 52.6 Å². The maximum Gasteiger partial charge on any atom is 0.259 e. The van der Waals surface area contributed by atoms with Gasteiger partial charge < -0.3 is 5.32 Å². The van der Waals surface area contributed by atoms with E-state index in [-0.39, 0.29) is 12.5 Å². The zero-order chi connectivity index (χ0) is 15.9. The Kier molecular flexibility index (Phi) is 6.07. The van der Waals surface area contributed by atoms with Crippen LogP contribution in [-0.2, 0) is 4.79 Å². The Hall–Kier alpha value is -1.75. The van der Waals surface area contributed by atoms with Gasteiger partial charge in [-0.25, -0.2) is 5.43 Å². The number of benzene rings is 2. The molecule has 2 aromatic rings. The molecule has 0 aliphatic rings. The average molecular weight is 357 g/mol. The molecule has 0 saturated carbocycles. The van der Waals surface area contributed by atoms with Gasteiger partial charge in [-0.1, -0.05) is 40.9 Å². The number of hydrazone groups is 1. The van der Waals surface area contributed by atoms with Crippen molar-refractivity contribution in [1.82, 2.24) is 5.43 Å². The van der Waals surface area contributed by atoms with Crippen molar-refractivity contribution in [2.24, 2.45) is 5.10 Å². The van der Waals surface area contributed by atoms with Gasteiger partial charge in [0.1, 0.15) is 0 Å². The van der Waals surface area contributed by atoms with Crippen LogP contribution >= 0.6 is 34.8 Å². The Balaban J connectivity index is 1.82. The summed E-state index contributed by atoms with van der Waals surface area (Å²) >= 11 is 17.6. The Morgan fingerprint density at radius 3 is 2.41 bits per heavy atom. The van der Waals surface area contributed by atoms with E-state index in [1.165, 1.54) is 6.21 Å². The molecule has 0 atom stereocenters. The minimum atomic E-state index is -0.281. The Labute approximate surface area is 143 Å². The lowest BCUT2D eigenvalue weighted by Gasteiger charge is -2.05. The monoisotopic (exact) mass is 355 g/mol. The maximum atomic E-state index is 11.6. The van der Waals surface area contributed by atoms with Crippen LogP contribution in [-0.4, -0.2) is 18.7 Å². The number of nitrogens with zero attached hydrogens (tertiary/aromatic N) is 1. The zero-order valence-corrected chi connectivity index (χ0v) is 13.6. The van der Waals surface area contributed by atoms with E-state index in [0.29, 0.717) is 20.6 Å². The molecule has 2 aromatic carbocycles. The fourth-order valence-corrected chi connectivity index (χ4v) is 2.15. The molecule has 2 N–H and O–H groups in total. The van der Waals surface area contributed by atoms with E-state index in [2.05, 4.69) is 15.8 Å². The summed E-state index contributed by atoms with van der Waals surface area (Å²) in [5, 5.41) is 8.44. The number of rotatable bonds is 5. The quantitative estimate of drug-likeness (QED) is 0.623. The van der Waals surface area contributed by atoms with E-state index in [9.17, 15) is 4.79 Å². The highest BCUT2D eigenvalue weighted by atomic mass is 35.5. The lowest BCUT2D eigenvalue weighted by Crippen LogP contribution is -2.25. The van der Waals surface area contributed by atoms with Crippen LogP contribution in [0.15, 0.2) is 47.6 Å². The first-order valence-electron chi connectivity index (χ1n) is 6.31. The second-order valence-corrected chi connectivity index (χ2v) is 5.60. The summed E-state index contributed by atoms with van der Waals surface area (Å²) in [4.78, 5) is 11.6. The molecular formula is C15H12Cl3N3O. The third-order valence-corrected chi connectivity index (χ3v) is 3.47. The molecular weight excluding hydrogens is 345 g/mol. The third kappa shape index (κ3) is 5.22. The highest BCUT2D eigenvalue weighted by Crippen LogP contribution is 2.19. The summed E-state index contributed by atoms with van der Waals surface area (Å²) in [7, 11) is 0. The normalized spacial score (nSPS) is 10.7. The summed E-state index contributed by atoms with van der Waals surface area (Å²) in [5.74, 6) is -0.281. The maximum absolute atomic E-state index is 11.6. The minimum Gasteiger partial charge on any atom is -0.376 e. The summed E-state index contributed by atoms with van der Waals surface area (Å²) < 4.78 is 0. The summed E-state index contributed by atoms with van der Waals surface area (Å²) in [5.41, 5.74) is 3.86. The van der Waals surface area contributed by atoms with Crippen LogP contribution in [0.5, 0.6) is 0 Å². The van der Waals surface area contributed by atoms with Crippen molar-refractivity contribution in [3.8, 4) is 0 Å². The Bertz CT molecular complexity index is 687. The SMILES string of the molecule is O=C(CNc1ccc(Cl)cc1)N/N=C/c1ccc(Cl)cc1Cl. The molecule has 0 saturated heterocycles. The molecule has 4 nitrogen and oxygen atoms in total. The Morgan fingerprint density at radius 1 is 1.05 bits per heavy atom. The van der Waals surface area contributed by atoms with Gasteiger partial charge in [-0.2, -0.15) is 5.10 Å². The predicted molar refractivity (Wildman–Crippen MR) is 92.1 cm³/mol. The molecule has 0 heterocycles. The van der Waals surface area contributed by atoms with Crippen molar-refractivity contribution in [3.63, 3.8) is 0 Å². The van der Waals surface area contributed by atoms with Gasteiger partial charge in [-0.15, -0.1) is 0 Å². The van der Waals surface area contributed by atoms with Gasteiger partial charge in [0.15, 0.2) is 0 Å². The first-order chi connectivity index (χ1) is 10.5. The number of nitrogens with one attached hydrogen (secondary N) is 2. The smallest absolute Gasteiger partial charge is 0.259 e. The van der Waals surface area contributed by atoms with Crippen LogP contribution in [0.3, 0.4) is 0 Å². The summed E-state index contributed by atoms with van der Waals surface area (Å²) in [6.45, 7) is 0.0906. The number of amides is 1. The molecule has 0 unspecified atom stereocenters. The molecule has 0 fully saturated rings. The highest BCUT2D eigenvalue weighted by molar-refractivity contribution is 6.36. The van der Waals surface area contributed by atoms with Crippen molar-refractivity contribution in [3.05, 3.63) is 63.1 Å². The van der Waals surface area contributed by atoms with Gasteiger partial charge in [-0.05, 0) is 36.4 Å². The van der Waals surface area contributed by atoms with E-state index in [1.54, 1.807) is 42.5 Å². The number of hydrogen-bond donors (Lipinski definition) is 2. The topological polar surface area (TPSA) is 53.5 Å². The molecule has 0 spiro atoms. The molecule has 0 aliphatic carbocycles. The molecule has 0 radical (unpaired) electrons. The number of hydrogen-bond acceptors (Lipinski definition) is 3. The van der Waals surface area contributed by atoms with Crippen LogP contribution in [0.2, 0.25) is 15.1 Å². The number of halogens is 3. The second-order valence-electron chi connectivity index (χ2n) is 4.32. The van der Waals surface area contributed by atoms with E-state index >= 15 is 0 Å². The molecule has 0 bridgehead atoms. The third-order valence-electron chi connectivity index (χ3n) is 2.65. The Morgan fingerprint density at radius 2 is 1.73 bits per heavy atom. The van der Waals surface area contributed by atoms with Crippen LogP contribution in [0.4, 0.5) is 5.69 Å². The molecule has 2 rings (SSSR count). The molecule has 1 amide bonds. The van der Waals surface area contributed by atoms with Crippen molar-refractivity contribution in [2.45, 2.75) is 0 Å². The fraction of sp³-hybridized carbons (Fsp3) is 0.0667. The highest BCUT2D eigenvalue weighted by Gasteiger charge is 2.01. The number of anilines is 1.